The van der Waals surface area contributed by atoms with Crippen molar-refractivity contribution in [3.8, 4) is 16.9 Å². The number of halogens is 1. The van der Waals surface area contributed by atoms with Gasteiger partial charge in [0.05, 0.1) is 10.6 Å². The van der Waals surface area contributed by atoms with Gasteiger partial charge in [-0.15, -0.1) is 0 Å². The van der Waals surface area contributed by atoms with Gasteiger partial charge in [-0.3, -0.25) is 4.31 Å². The lowest BCUT2D eigenvalue weighted by Crippen LogP contribution is -2.34. The number of carboxylic acid groups (broad SMARTS) is 1. The molecule has 0 saturated carbocycles. The molecule has 0 spiro atoms. The van der Waals surface area contributed by atoms with E-state index in [1.54, 1.807) is 32.0 Å². The molecule has 4 rings (SSSR count). The summed E-state index contributed by atoms with van der Waals surface area (Å²) in [4.78, 5) is 10.9. The third kappa shape index (κ3) is 4.25. The average molecular weight is 484 g/mol. The molecule has 0 saturated heterocycles. The van der Waals surface area contributed by atoms with Crippen LogP contribution in [0.25, 0.3) is 11.1 Å². The minimum Gasteiger partial charge on any atom is -0.482 e. The molecule has 1 N–H and O–H groups in total. The van der Waals surface area contributed by atoms with Crippen molar-refractivity contribution < 1.29 is 27.4 Å². The van der Waals surface area contributed by atoms with Crippen molar-refractivity contribution in [3.63, 3.8) is 0 Å². The number of anilines is 1. The molecule has 6 nitrogen and oxygen atoms in total. The van der Waals surface area contributed by atoms with E-state index in [0.717, 1.165) is 16.7 Å². The Labute approximate surface area is 198 Å². The molecule has 0 radical (unpaired) electrons. The maximum Gasteiger partial charge on any atom is 0.341 e. The number of carbonyl (C=O) groups is 1. The van der Waals surface area contributed by atoms with Crippen LogP contribution in [0.15, 0.2) is 59.5 Å². The quantitative estimate of drug-likeness (QED) is 0.530. The van der Waals surface area contributed by atoms with Crippen LogP contribution in [0.4, 0.5) is 10.1 Å². The van der Waals surface area contributed by atoms with Crippen LogP contribution in [0.5, 0.6) is 5.75 Å². The number of carboxylic acids is 1. The van der Waals surface area contributed by atoms with Crippen LogP contribution in [0.1, 0.15) is 30.5 Å². The van der Waals surface area contributed by atoms with Gasteiger partial charge in [-0.1, -0.05) is 26.0 Å². The molecular formula is C26H26FNO5S. The number of aliphatic carboxylic acids is 1. The lowest BCUT2D eigenvalue weighted by molar-refractivity contribution is -0.139. The highest BCUT2D eigenvalue weighted by Crippen LogP contribution is 2.45. The van der Waals surface area contributed by atoms with Crippen molar-refractivity contribution in [3.05, 3.63) is 77.1 Å². The Morgan fingerprint density at radius 2 is 1.71 bits per heavy atom. The summed E-state index contributed by atoms with van der Waals surface area (Å²) in [6.07, 6.45) is 0. The Hall–Kier alpha value is -3.39. The van der Waals surface area contributed by atoms with Gasteiger partial charge in [0.15, 0.2) is 6.61 Å². The van der Waals surface area contributed by atoms with E-state index in [9.17, 15) is 17.6 Å². The zero-order valence-electron chi connectivity index (χ0n) is 19.4. The Kier molecular flexibility index (Phi) is 5.89. The van der Waals surface area contributed by atoms with Crippen molar-refractivity contribution in [1.29, 1.82) is 0 Å². The van der Waals surface area contributed by atoms with Crippen LogP contribution in [0.3, 0.4) is 0 Å². The maximum absolute atomic E-state index is 13.7. The van der Waals surface area contributed by atoms with Crippen LogP contribution in [-0.4, -0.2) is 32.6 Å². The van der Waals surface area contributed by atoms with E-state index in [0.29, 0.717) is 22.6 Å². The lowest BCUT2D eigenvalue weighted by Gasteiger charge is -2.22. The van der Waals surface area contributed by atoms with E-state index in [1.165, 1.54) is 28.6 Å². The fourth-order valence-electron chi connectivity index (χ4n) is 4.25. The van der Waals surface area contributed by atoms with E-state index in [1.807, 2.05) is 26.0 Å². The van der Waals surface area contributed by atoms with E-state index in [4.69, 9.17) is 9.84 Å². The number of rotatable bonds is 6. The second-order valence-corrected chi connectivity index (χ2v) is 11.1. The molecule has 0 atom stereocenters. The van der Waals surface area contributed by atoms with E-state index < -0.39 is 28.0 Å². The lowest BCUT2D eigenvalue weighted by atomic mass is 9.85. The van der Waals surface area contributed by atoms with Crippen molar-refractivity contribution in [2.45, 2.75) is 38.0 Å². The highest BCUT2D eigenvalue weighted by Gasteiger charge is 2.41. The molecule has 0 bridgehead atoms. The molecule has 0 aromatic heterocycles. The monoisotopic (exact) mass is 483 g/mol. The molecule has 8 heteroatoms. The number of aryl methyl sites for hydroxylation is 2. The van der Waals surface area contributed by atoms with Crippen LogP contribution in [0, 0.1) is 19.7 Å². The second kappa shape index (κ2) is 8.43. The molecular weight excluding hydrogens is 457 g/mol. The first-order chi connectivity index (χ1) is 15.9. The third-order valence-electron chi connectivity index (χ3n) is 6.11. The highest BCUT2D eigenvalue weighted by atomic mass is 32.2. The zero-order chi connectivity index (χ0) is 24.8. The van der Waals surface area contributed by atoms with E-state index in [-0.39, 0.29) is 17.3 Å². The molecule has 3 aromatic rings. The van der Waals surface area contributed by atoms with Crippen molar-refractivity contribution >= 4 is 21.7 Å². The van der Waals surface area contributed by atoms with Gasteiger partial charge in [-0.05, 0) is 84.1 Å². The highest BCUT2D eigenvalue weighted by molar-refractivity contribution is 7.92. The minimum atomic E-state index is -3.87. The standard InChI is InChI=1S/C26H26FNO5S/c1-16-11-18(5-8-22(16)27)19-6-9-23-21(13-19)26(3,4)15-28(23)34(31,32)20-7-10-24(17(2)12-20)33-14-25(29)30/h5-13H,14-15H2,1-4H3,(H,29,30). The number of hydrogen-bond donors (Lipinski definition) is 1. The summed E-state index contributed by atoms with van der Waals surface area (Å²) in [5.74, 6) is -1.05. The molecule has 1 aliphatic rings. The van der Waals surface area contributed by atoms with Crippen LogP contribution < -0.4 is 9.04 Å². The maximum atomic E-state index is 13.7. The van der Waals surface area contributed by atoms with Gasteiger partial charge in [0.2, 0.25) is 0 Å². The Morgan fingerprint density at radius 3 is 2.35 bits per heavy atom. The Bertz CT molecular complexity index is 1400. The first-order valence-electron chi connectivity index (χ1n) is 10.8. The molecule has 0 amide bonds. The van der Waals surface area contributed by atoms with E-state index in [2.05, 4.69) is 0 Å². The first-order valence-corrected chi connectivity index (χ1v) is 12.2. The number of hydrogen-bond acceptors (Lipinski definition) is 4. The van der Waals surface area contributed by atoms with Gasteiger partial charge < -0.3 is 9.84 Å². The van der Waals surface area contributed by atoms with Gasteiger partial charge in [0.25, 0.3) is 10.0 Å². The Morgan fingerprint density at radius 1 is 1.03 bits per heavy atom. The summed E-state index contributed by atoms with van der Waals surface area (Å²) in [5.41, 5.74) is 3.91. The largest absolute Gasteiger partial charge is 0.482 e. The normalized spacial score (nSPS) is 14.7. The van der Waals surface area contributed by atoms with Crippen LogP contribution in [-0.2, 0) is 20.2 Å². The number of sulfonamides is 1. The van der Waals surface area contributed by atoms with Gasteiger partial charge >= 0.3 is 5.97 Å². The number of nitrogens with zero attached hydrogens (tertiary/aromatic N) is 1. The zero-order valence-corrected chi connectivity index (χ0v) is 20.2. The number of ether oxygens (including phenoxy) is 1. The SMILES string of the molecule is Cc1cc(-c2ccc3c(c2)C(C)(C)CN3S(=O)(=O)c2ccc(OCC(=O)O)c(C)c2)ccc1F. The molecule has 1 aliphatic heterocycles. The predicted molar refractivity (Wildman–Crippen MR) is 128 cm³/mol. The van der Waals surface area contributed by atoms with E-state index >= 15 is 0 Å². The summed E-state index contributed by atoms with van der Waals surface area (Å²) in [5, 5.41) is 8.81. The molecule has 0 aliphatic carbocycles. The first kappa shape index (κ1) is 23.8. The summed E-state index contributed by atoms with van der Waals surface area (Å²) in [6.45, 7) is 7.15. The minimum absolute atomic E-state index is 0.106. The van der Waals surface area contributed by atoms with Gasteiger partial charge in [-0.2, -0.15) is 0 Å². The molecule has 3 aromatic carbocycles. The summed E-state index contributed by atoms with van der Waals surface area (Å²) >= 11 is 0. The smallest absolute Gasteiger partial charge is 0.341 e. The van der Waals surface area contributed by atoms with Crippen molar-refractivity contribution in [2.75, 3.05) is 17.5 Å². The Balaban J connectivity index is 1.71. The van der Waals surface area contributed by atoms with Gasteiger partial charge in [0, 0.05) is 12.0 Å². The van der Waals surface area contributed by atoms with Gasteiger partial charge in [0.1, 0.15) is 11.6 Å². The van der Waals surface area contributed by atoms with Crippen LogP contribution in [0.2, 0.25) is 0 Å². The fraction of sp³-hybridized carbons (Fsp3) is 0.269. The summed E-state index contributed by atoms with van der Waals surface area (Å²) in [7, 11) is -3.87. The topological polar surface area (TPSA) is 83.9 Å². The van der Waals surface area contributed by atoms with Gasteiger partial charge in [-0.25, -0.2) is 17.6 Å². The number of benzene rings is 3. The van der Waals surface area contributed by atoms with Crippen molar-refractivity contribution in [1.82, 2.24) is 0 Å². The third-order valence-corrected chi connectivity index (χ3v) is 7.87. The summed E-state index contributed by atoms with van der Waals surface area (Å²) < 4.78 is 47.6. The molecule has 178 valence electrons. The molecule has 34 heavy (non-hydrogen) atoms. The molecule has 1 heterocycles. The molecule has 0 fully saturated rings. The molecule has 0 unspecified atom stereocenters. The fourth-order valence-corrected chi connectivity index (χ4v) is 5.99. The number of fused-ring (bicyclic) bond motifs is 1. The van der Waals surface area contributed by atoms with Crippen molar-refractivity contribution in [2.24, 2.45) is 0 Å². The van der Waals surface area contributed by atoms with Crippen LogP contribution >= 0.6 is 0 Å². The predicted octanol–water partition coefficient (Wildman–Crippen LogP) is 5.06. The summed E-state index contributed by atoms with van der Waals surface area (Å²) in [6, 6.07) is 15.0. The average Bonchev–Trinajstić information content (AvgIpc) is 3.05. The second-order valence-electron chi connectivity index (χ2n) is 9.20.